The van der Waals surface area contributed by atoms with Gasteiger partial charge >= 0.3 is 0 Å². The van der Waals surface area contributed by atoms with Crippen LogP contribution in [0.25, 0.3) is 22.5 Å². The molecule has 0 bridgehead atoms. The van der Waals surface area contributed by atoms with Crippen molar-refractivity contribution in [2.45, 2.75) is 5.75 Å². The molecule has 0 spiro atoms. The molecule has 0 unspecified atom stereocenters. The van der Waals surface area contributed by atoms with Gasteiger partial charge in [-0.2, -0.15) is 4.98 Å². The molecule has 0 saturated heterocycles. The first-order valence-electron chi connectivity index (χ1n) is 10.1. The Kier molecular flexibility index (Phi) is 5.52. The van der Waals surface area contributed by atoms with Crippen LogP contribution in [0.5, 0.6) is 0 Å². The number of imidazole rings is 1. The van der Waals surface area contributed by atoms with Crippen LogP contribution in [-0.2, 0) is 15.8 Å². The molecule has 172 valence electrons. The SMILES string of the molecule is CNS(=O)(=O)Cc1ccc(Nc2ncc3c(=O)n(-c4ccccc4Cl)c4nccn4c3n2)cc1. The van der Waals surface area contributed by atoms with Crippen molar-refractivity contribution in [3.8, 4) is 5.69 Å². The molecular formula is C22H18ClN7O3S. The first-order chi connectivity index (χ1) is 16.4. The highest BCUT2D eigenvalue weighted by Crippen LogP contribution is 2.23. The number of para-hydroxylation sites is 1. The molecule has 10 nitrogen and oxygen atoms in total. The number of sulfonamides is 1. The van der Waals surface area contributed by atoms with Gasteiger partial charge in [-0.25, -0.2) is 27.7 Å². The first kappa shape index (κ1) is 22.0. The van der Waals surface area contributed by atoms with E-state index in [9.17, 15) is 13.2 Å². The number of halogens is 1. The van der Waals surface area contributed by atoms with E-state index >= 15 is 0 Å². The lowest BCUT2D eigenvalue weighted by molar-refractivity contribution is 0.587. The maximum absolute atomic E-state index is 13.3. The van der Waals surface area contributed by atoms with Gasteiger partial charge in [-0.3, -0.25) is 9.20 Å². The van der Waals surface area contributed by atoms with Gasteiger partial charge in [0.25, 0.3) is 5.56 Å². The topological polar surface area (TPSA) is 123 Å². The number of fused-ring (bicyclic) bond motifs is 3. The minimum absolute atomic E-state index is 0.118. The van der Waals surface area contributed by atoms with Crippen LogP contribution in [0.3, 0.4) is 0 Å². The van der Waals surface area contributed by atoms with Gasteiger partial charge in [0.15, 0.2) is 5.65 Å². The Morgan fingerprint density at radius 1 is 1.06 bits per heavy atom. The standard InChI is InChI=1S/C22H18ClN7O3S/c1-24-34(32,33)13-14-6-8-15(9-7-14)27-21-26-12-16-19(28-21)29-11-10-25-22(29)30(20(16)31)18-5-3-2-4-17(18)23/h2-12,24H,13H2,1H3,(H,26,27,28). The number of nitrogens with zero attached hydrogens (tertiary/aromatic N) is 5. The Morgan fingerprint density at radius 2 is 1.82 bits per heavy atom. The van der Waals surface area contributed by atoms with E-state index in [1.807, 2.05) is 0 Å². The second kappa shape index (κ2) is 8.52. The molecule has 5 rings (SSSR count). The zero-order chi connectivity index (χ0) is 23.9. The minimum Gasteiger partial charge on any atom is -0.324 e. The molecule has 2 N–H and O–H groups in total. The summed E-state index contributed by atoms with van der Waals surface area (Å²) in [6.07, 6.45) is 4.74. The quantitative estimate of drug-likeness (QED) is 0.371. The van der Waals surface area contributed by atoms with E-state index in [0.29, 0.717) is 38.8 Å². The lowest BCUT2D eigenvalue weighted by atomic mass is 10.2. The monoisotopic (exact) mass is 495 g/mol. The fourth-order valence-corrected chi connectivity index (χ4v) is 4.56. The van der Waals surface area contributed by atoms with Gasteiger partial charge in [-0.1, -0.05) is 35.9 Å². The Labute approximate surface area is 198 Å². The maximum atomic E-state index is 13.3. The lowest BCUT2D eigenvalue weighted by Crippen LogP contribution is -2.22. The third kappa shape index (κ3) is 4.00. The summed E-state index contributed by atoms with van der Waals surface area (Å²) in [5.41, 5.74) is 1.85. The average molecular weight is 496 g/mol. The molecule has 3 aromatic heterocycles. The molecule has 0 amide bonds. The van der Waals surface area contributed by atoms with Crippen molar-refractivity contribution in [2.24, 2.45) is 0 Å². The summed E-state index contributed by atoms with van der Waals surface area (Å²) in [5.74, 6) is 0.519. The summed E-state index contributed by atoms with van der Waals surface area (Å²) in [6, 6.07) is 13.9. The molecule has 0 aliphatic carbocycles. The molecule has 0 fully saturated rings. The Morgan fingerprint density at radius 3 is 2.56 bits per heavy atom. The van der Waals surface area contributed by atoms with Crippen LogP contribution in [0.1, 0.15) is 5.56 Å². The van der Waals surface area contributed by atoms with E-state index in [-0.39, 0.29) is 17.3 Å². The lowest BCUT2D eigenvalue weighted by Gasteiger charge is -2.12. The highest BCUT2D eigenvalue weighted by Gasteiger charge is 2.17. The second-order valence-electron chi connectivity index (χ2n) is 7.41. The van der Waals surface area contributed by atoms with Gasteiger partial charge in [-0.05, 0) is 36.9 Å². The molecule has 34 heavy (non-hydrogen) atoms. The van der Waals surface area contributed by atoms with E-state index in [4.69, 9.17) is 11.6 Å². The van der Waals surface area contributed by atoms with Gasteiger partial charge in [0.2, 0.25) is 21.7 Å². The summed E-state index contributed by atoms with van der Waals surface area (Å²) in [5, 5.41) is 3.79. The Bertz CT molecular complexity index is 1700. The Balaban J connectivity index is 1.54. The van der Waals surface area contributed by atoms with E-state index in [0.717, 1.165) is 0 Å². The van der Waals surface area contributed by atoms with Crippen molar-refractivity contribution < 1.29 is 8.42 Å². The van der Waals surface area contributed by atoms with E-state index in [1.54, 1.807) is 65.3 Å². The minimum atomic E-state index is -3.36. The fourth-order valence-electron chi connectivity index (χ4n) is 3.56. The highest BCUT2D eigenvalue weighted by atomic mass is 35.5. The van der Waals surface area contributed by atoms with Crippen molar-refractivity contribution >= 4 is 50.1 Å². The first-order valence-corrected chi connectivity index (χ1v) is 12.2. The number of hydrogen-bond acceptors (Lipinski definition) is 7. The third-order valence-electron chi connectivity index (χ3n) is 5.22. The normalized spacial score (nSPS) is 11.8. The van der Waals surface area contributed by atoms with Gasteiger partial charge in [-0.15, -0.1) is 0 Å². The van der Waals surface area contributed by atoms with Crippen LogP contribution in [0.4, 0.5) is 11.6 Å². The number of aromatic nitrogens is 5. The van der Waals surface area contributed by atoms with Gasteiger partial charge < -0.3 is 5.32 Å². The van der Waals surface area contributed by atoms with Crippen molar-refractivity contribution in [3.63, 3.8) is 0 Å². The number of hydrogen-bond donors (Lipinski definition) is 2. The van der Waals surface area contributed by atoms with Gasteiger partial charge in [0.05, 0.1) is 16.5 Å². The molecule has 0 aliphatic heterocycles. The van der Waals surface area contributed by atoms with Gasteiger partial charge in [0, 0.05) is 24.3 Å². The molecule has 0 aliphatic rings. The van der Waals surface area contributed by atoms with Crippen LogP contribution in [0.2, 0.25) is 5.02 Å². The van der Waals surface area contributed by atoms with E-state index in [1.165, 1.54) is 17.8 Å². The van der Waals surface area contributed by atoms with Crippen molar-refractivity contribution in [2.75, 3.05) is 12.4 Å². The molecule has 0 saturated carbocycles. The van der Waals surface area contributed by atoms with E-state index < -0.39 is 10.0 Å². The van der Waals surface area contributed by atoms with Crippen LogP contribution in [0.15, 0.2) is 71.9 Å². The Hall–Kier alpha value is -3.80. The summed E-state index contributed by atoms with van der Waals surface area (Å²) in [7, 11) is -1.98. The number of rotatable bonds is 6. The fraction of sp³-hybridized carbons (Fsp3) is 0.0909. The molecule has 5 aromatic rings. The number of benzene rings is 2. The predicted octanol–water partition coefficient (Wildman–Crippen LogP) is 2.87. The zero-order valence-electron chi connectivity index (χ0n) is 17.8. The zero-order valence-corrected chi connectivity index (χ0v) is 19.4. The molecule has 0 atom stereocenters. The van der Waals surface area contributed by atoms with Gasteiger partial charge in [0.1, 0.15) is 5.39 Å². The van der Waals surface area contributed by atoms with E-state index in [2.05, 4.69) is 25.0 Å². The summed E-state index contributed by atoms with van der Waals surface area (Å²) in [4.78, 5) is 26.5. The van der Waals surface area contributed by atoms with Crippen molar-refractivity contribution in [1.82, 2.24) is 28.6 Å². The summed E-state index contributed by atoms with van der Waals surface area (Å²) < 4.78 is 28.9. The molecule has 0 radical (unpaired) electrons. The second-order valence-corrected chi connectivity index (χ2v) is 9.74. The average Bonchev–Trinajstić information content (AvgIpc) is 3.31. The number of anilines is 2. The van der Waals surface area contributed by atoms with Crippen molar-refractivity contribution in [3.05, 3.63) is 88.1 Å². The molecule has 2 aromatic carbocycles. The van der Waals surface area contributed by atoms with Crippen LogP contribution in [-0.4, -0.2) is 39.4 Å². The van der Waals surface area contributed by atoms with Crippen LogP contribution < -0.4 is 15.6 Å². The summed E-state index contributed by atoms with van der Waals surface area (Å²) in [6.45, 7) is 0. The smallest absolute Gasteiger partial charge is 0.270 e. The summed E-state index contributed by atoms with van der Waals surface area (Å²) >= 11 is 6.34. The molecule has 12 heteroatoms. The predicted molar refractivity (Wildman–Crippen MR) is 130 cm³/mol. The molecule has 3 heterocycles. The van der Waals surface area contributed by atoms with Crippen LogP contribution >= 0.6 is 11.6 Å². The van der Waals surface area contributed by atoms with Crippen LogP contribution in [0, 0.1) is 0 Å². The highest BCUT2D eigenvalue weighted by molar-refractivity contribution is 7.88. The maximum Gasteiger partial charge on any atom is 0.270 e. The van der Waals surface area contributed by atoms with Crippen molar-refractivity contribution in [1.29, 1.82) is 0 Å². The number of nitrogens with one attached hydrogen (secondary N) is 2. The third-order valence-corrected chi connectivity index (χ3v) is 6.88. The largest absolute Gasteiger partial charge is 0.324 e. The molecular weight excluding hydrogens is 478 g/mol.